The van der Waals surface area contributed by atoms with Crippen LogP contribution >= 0.6 is 34.8 Å². The lowest BCUT2D eigenvalue weighted by Crippen LogP contribution is -2.18. The summed E-state index contributed by atoms with van der Waals surface area (Å²) in [6.07, 6.45) is 0.454. The van der Waals surface area contributed by atoms with E-state index in [2.05, 4.69) is 16.8 Å². The molecule has 0 bridgehead atoms. The summed E-state index contributed by atoms with van der Waals surface area (Å²) in [6.45, 7) is 1.44. The van der Waals surface area contributed by atoms with Gasteiger partial charge in [0.1, 0.15) is 17.5 Å². The first-order valence-corrected chi connectivity index (χ1v) is 9.94. The van der Waals surface area contributed by atoms with Crippen LogP contribution in [0.5, 0.6) is 11.5 Å². The Morgan fingerprint density at radius 3 is 2.74 bits per heavy atom. The summed E-state index contributed by atoms with van der Waals surface area (Å²) >= 11 is 18.1. The van der Waals surface area contributed by atoms with Crippen LogP contribution in [-0.4, -0.2) is 26.7 Å². The second kappa shape index (κ2) is 9.58. The molecule has 1 amide bonds. The van der Waals surface area contributed by atoms with Gasteiger partial charge in [-0.2, -0.15) is 0 Å². The molecule has 0 spiro atoms. The summed E-state index contributed by atoms with van der Waals surface area (Å²) in [5.41, 5.74) is 5.90. The molecule has 31 heavy (non-hydrogen) atoms. The van der Waals surface area contributed by atoms with Crippen molar-refractivity contribution in [1.82, 2.24) is 9.55 Å². The van der Waals surface area contributed by atoms with E-state index in [1.165, 1.54) is 42.1 Å². The van der Waals surface area contributed by atoms with E-state index in [-0.39, 0.29) is 39.5 Å². The molecular formula is C21H15Cl3FN3O3. The molecule has 3 rings (SSSR count). The number of carbonyl (C=O) groups is 1. The number of hydrogen-bond acceptors (Lipinski definition) is 4. The molecule has 0 aliphatic heterocycles. The number of nitrogens with two attached hydrogens (primary N) is 1. The average Bonchev–Trinajstić information content (AvgIpc) is 3.05. The van der Waals surface area contributed by atoms with Gasteiger partial charge in [-0.3, -0.25) is 4.79 Å². The molecule has 3 aromatic rings. The van der Waals surface area contributed by atoms with Crippen LogP contribution in [0.15, 0.2) is 36.7 Å². The van der Waals surface area contributed by atoms with E-state index >= 15 is 4.39 Å². The highest BCUT2D eigenvalue weighted by Gasteiger charge is 2.19. The van der Waals surface area contributed by atoms with Gasteiger partial charge in [0.15, 0.2) is 16.7 Å². The van der Waals surface area contributed by atoms with Gasteiger partial charge >= 0.3 is 0 Å². The third-order valence-corrected chi connectivity index (χ3v) is 4.81. The molecule has 0 saturated carbocycles. The van der Waals surface area contributed by atoms with Crippen molar-refractivity contribution >= 4 is 40.7 Å². The van der Waals surface area contributed by atoms with Crippen LogP contribution in [0.1, 0.15) is 28.5 Å². The lowest BCUT2D eigenvalue weighted by atomic mass is 10.1. The summed E-state index contributed by atoms with van der Waals surface area (Å²) in [4.78, 5) is 15.4. The molecular weight excluding hydrogens is 468 g/mol. The Bertz CT molecular complexity index is 1220. The third kappa shape index (κ3) is 5.49. The van der Waals surface area contributed by atoms with Crippen LogP contribution in [-0.2, 0) is 6.54 Å². The maximum atomic E-state index is 15.2. The van der Waals surface area contributed by atoms with E-state index in [1.807, 2.05) is 0 Å². The standard InChI is InChI=1S/C21H15Cl3FN3O3/c1-11(29)2-3-12-6-14(22)8-15(7-12)31-19-16(23)5-4-13(17(19)25)9-28-10-27-20(24)18(28)21(26)30/h4-8,10-11,29H,9H2,1H3,(H2,26,30)/t11-/m1/s1. The largest absolute Gasteiger partial charge is 0.453 e. The van der Waals surface area contributed by atoms with Crippen LogP contribution < -0.4 is 10.5 Å². The summed E-state index contributed by atoms with van der Waals surface area (Å²) in [5, 5.41) is 9.57. The molecule has 0 unspecified atom stereocenters. The number of carbonyl (C=O) groups excluding carboxylic acids is 1. The number of hydrogen-bond donors (Lipinski definition) is 2. The van der Waals surface area contributed by atoms with Crippen molar-refractivity contribution in [3.63, 3.8) is 0 Å². The minimum atomic E-state index is -0.825. The van der Waals surface area contributed by atoms with Gasteiger partial charge in [0.2, 0.25) is 0 Å². The molecule has 1 heterocycles. The second-order valence-corrected chi connectivity index (χ2v) is 7.65. The lowest BCUT2D eigenvalue weighted by molar-refractivity contribution is 0.0992. The zero-order chi connectivity index (χ0) is 22.7. The fraction of sp³-hybridized carbons (Fsp3) is 0.143. The summed E-state index contributed by atoms with van der Waals surface area (Å²) < 4.78 is 22.2. The van der Waals surface area contributed by atoms with Crippen LogP contribution in [0.25, 0.3) is 0 Å². The first kappa shape index (κ1) is 22.9. The molecule has 6 nitrogen and oxygen atoms in total. The molecule has 0 fully saturated rings. The minimum Gasteiger partial charge on any atom is -0.453 e. The monoisotopic (exact) mass is 481 g/mol. The Morgan fingerprint density at radius 1 is 1.32 bits per heavy atom. The number of benzene rings is 2. The van der Waals surface area contributed by atoms with Crippen molar-refractivity contribution in [3.05, 3.63) is 74.5 Å². The van der Waals surface area contributed by atoms with Gasteiger partial charge in [0, 0.05) is 16.1 Å². The molecule has 1 aromatic heterocycles. The van der Waals surface area contributed by atoms with Gasteiger partial charge in [-0.05, 0) is 31.2 Å². The number of amides is 1. The van der Waals surface area contributed by atoms with Crippen LogP contribution in [0.4, 0.5) is 4.39 Å². The number of nitrogens with zero attached hydrogens (tertiary/aromatic N) is 2. The van der Waals surface area contributed by atoms with Gasteiger partial charge < -0.3 is 20.1 Å². The molecule has 0 aliphatic rings. The number of halogens is 4. The molecule has 2 aromatic carbocycles. The van der Waals surface area contributed by atoms with Gasteiger partial charge in [-0.15, -0.1) is 0 Å². The van der Waals surface area contributed by atoms with Crippen molar-refractivity contribution < 1.29 is 19.0 Å². The topological polar surface area (TPSA) is 90.4 Å². The summed E-state index contributed by atoms with van der Waals surface area (Å²) in [6, 6.07) is 7.48. The Hall–Kier alpha value is -2.76. The predicted molar refractivity (Wildman–Crippen MR) is 116 cm³/mol. The first-order valence-electron chi connectivity index (χ1n) is 8.81. The molecule has 0 radical (unpaired) electrons. The molecule has 0 aliphatic carbocycles. The second-order valence-electron chi connectivity index (χ2n) is 6.45. The van der Waals surface area contributed by atoms with E-state index in [0.717, 1.165) is 0 Å². The van der Waals surface area contributed by atoms with Crippen LogP contribution in [0, 0.1) is 17.7 Å². The van der Waals surface area contributed by atoms with Crippen molar-refractivity contribution in [2.75, 3.05) is 0 Å². The molecule has 10 heteroatoms. The number of aliphatic hydroxyl groups is 1. The van der Waals surface area contributed by atoms with Crippen molar-refractivity contribution in [2.45, 2.75) is 19.6 Å². The van der Waals surface area contributed by atoms with Crippen LogP contribution in [0.3, 0.4) is 0 Å². The smallest absolute Gasteiger partial charge is 0.268 e. The average molecular weight is 483 g/mol. The third-order valence-electron chi connectivity index (χ3n) is 4.01. The van der Waals surface area contributed by atoms with Gasteiger partial charge in [-0.1, -0.05) is 52.7 Å². The quantitative estimate of drug-likeness (QED) is 0.518. The fourth-order valence-electron chi connectivity index (χ4n) is 2.69. The van der Waals surface area contributed by atoms with Crippen LogP contribution in [0.2, 0.25) is 15.2 Å². The number of ether oxygens (including phenoxy) is 1. The first-order chi connectivity index (χ1) is 14.7. The Kier molecular flexibility index (Phi) is 7.08. The van der Waals surface area contributed by atoms with Gasteiger partial charge in [0.05, 0.1) is 17.9 Å². The SMILES string of the molecule is C[C@@H](O)C#Cc1cc(Cl)cc(Oc2c(Cl)ccc(Cn3cnc(Cl)c3C(N)=O)c2F)c1. The predicted octanol–water partition coefficient (Wildman–Crippen LogP) is 4.65. The number of aliphatic hydroxyl groups excluding tert-OH is 1. The minimum absolute atomic E-state index is 0.0247. The number of imidazole rings is 1. The zero-order valence-corrected chi connectivity index (χ0v) is 18.3. The summed E-state index contributed by atoms with van der Waals surface area (Å²) in [5.74, 6) is 3.76. The lowest BCUT2D eigenvalue weighted by Gasteiger charge is -2.13. The summed E-state index contributed by atoms with van der Waals surface area (Å²) in [7, 11) is 0. The van der Waals surface area contributed by atoms with Crippen molar-refractivity contribution in [3.8, 4) is 23.3 Å². The maximum absolute atomic E-state index is 15.2. The van der Waals surface area contributed by atoms with E-state index in [1.54, 1.807) is 6.07 Å². The Balaban J connectivity index is 1.96. The van der Waals surface area contributed by atoms with Gasteiger partial charge in [0.25, 0.3) is 5.91 Å². The highest BCUT2D eigenvalue weighted by Crippen LogP contribution is 2.35. The number of aromatic nitrogens is 2. The number of rotatable bonds is 5. The van der Waals surface area contributed by atoms with Crippen molar-refractivity contribution in [2.24, 2.45) is 5.73 Å². The highest BCUT2D eigenvalue weighted by molar-refractivity contribution is 6.32. The van der Waals surface area contributed by atoms with E-state index in [4.69, 9.17) is 45.3 Å². The Labute approximate surface area is 192 Å². The normalized spacial score (nSPS) is 11.5. The zero-order valence-electron chi connectivity index (χ0n) is 16.0. The van der Waals surface area contributed by atoms with Gasteiger partial charge in [-0.25, -0.2) is 9.37 Å². The molecule has 1 atom stereocenters. The van der Waals surface area contributed by atoms with E-state index < -0.39 is 17.8 Å². The fourth-order valence-corrected chi connectivity index (χ4v) is 3.35. The molecule has 0 saturated heterocycles. The Morgan fingerprint density at radius 2 is 2.06 bits per heavy atom. The molecule has 160 valence electrons. The number of primary amides is 1. The highest BCUT2D eigenvalue weighted by atomic mass is 35.5. The maximum Gasteiger partial charge on any atom is 0.268 e. The van der Waals surface area contributed by atoms with E-state index in [9.17, 15) is 9.90 Å². The molecule has 3 N–H and O–H groups in total. The van der Waals surface area contributed by atoms with E-state index in [0.29, 0.717) is 10.6 Å². The van der Waals surface area contributed by atoms with Crippen molar-refractivity contribution in [1.29, 1.82) is 0 Å².